The molecule has 2 aromatic carbocycles. The smallest absolute Gasteiger partial charge is 0.407 e. The van der Waals surface area contributed by atoms with Gasteiger partial charge in [-0.3, -0.25) is 4.68 Å². The number of hydrogen-bond acceptors (Lipinski definition) is 5. The monoisotopic (exact) mass is 451 g/mol. The van der Waals surface area contributed by atoms with Gasteiger partial charge < -0.3 is 15.2 Å². The minimum Gasteiger partial charge on any atom is -0.480 e. The SMILES string of the molecule is Cn1cc(CCSCC(NC(=O)OCC2c3ccccc3-c3ccccc32)C(=O)O)cn1. The first kappa shape index (κ1) is 22.0. The normalized spacial score (nSPS) is 13.3. The van der Waals surface area contributed by atoms with Crippen LogP contribution in [0.3, 0.4) is 0 Å². The molecule has 0 bridgehead atoms. The Morgan fingerprint density at radius 1 is 1.16 bits per heavy atom. The number of carboxylic acids is 1. The number of fused-ring (bicyclic) bond motifs is 3. The molecule has 1 unspecified atom stereocenters. The molecule has 0 radical (unpaired) electrons. The van der Waals surface area contributed by atoms with Crippen LogP contribution >= 0.6 is 11.8 Å². The molecule has 32 heavy (non-hydrogen) atoms. The summed E-state index contributed by atoms with van der Waals surface area (Å²) in [5.74, 6) is -0.139. The average molecular weight is 452 g/mol. The summed E-state index contributed by atoms with van der Waals surface area (Å²) in [6.07, 6.45) is 3.80. The van der Waals surface area contributed by atoms with Gasteiger partial charge in [-0.25, -0.2) is 9.59 Å². The summed E-state index contributed by atoms with van der Waals surface area (Å²) >= 11 is 1.47. The fourth-order valence-electron chi connectivity index (χ4n) is 3.95. The van der Waals surface area contributed by atoms with Crippen molar-refractivity contribution in [2.75, 3.05) is 18.1 Å². The van der Waals surface area contributed by atoms with E-state index in [1.54, 1.807) is 10.9 Å². The summed E-state index contributed by atoms with van der Waals surface area (Å²) in [5.41, 5.74) is 5.61. The number of aliphatic carboxylic acids is 1. The van der Waals surface area contributed by atoms with Crippen molar-refractivity contribution in [1.29, 1.82) is 0 Å². The number of carboxylic acid groups (broad SMARTS) is 1. The highest BCUT2D eigenvalue weighted by Gasteiger charge is 2.29. The number of nitrogens with zero attached hydrogens (tertiary/aromatic N) is 2. The molecule has 8 heteroatoms. The van der Waals surface area contributed by atoms with Crippen molar-refractivity contribution < 1.29 is 19.4 Å². The maximum Gasteiger partial charge on any atom is 0.407 e. The van der Waals surface area contributed by atoms with Gasteiger partial charge in [-0.2, -0.15) is 16.9 Å². The number of rotatable bonds is 9. The number of thioether (sulfide) groups is 1. The lowest BCUT2D eigenvalue weighted by Gasteiger charge is -2.17. The molecule has 0 spiro atoms. The van der Waals surface area contributed by atoms with Gasteiger partial charge in [0.2, 0.25) is 0 Å². The van der Waals surface area contributed by atoms with E-state index in [2.05, 4.69) is 22.5 Å². The molecule has 1 heterocycles. The Balaban J connectivity index is 1.30. The number of benzene rings is 2. The number of nitrogens with one attached hydrogen (secondary N) is 1. The van der Waals surface area contributed by atoms with Crippen LogP contribution in [0, 0.1) is 0 Å². The number of amides is 1. The summed E-state index contributed by atoms with van der Waals surface area (Å²) in [4.78, 5) is 24.0. The highest BCUT2D eigenvalue weighted by atomic mass is 32.2. The molecule has 4 rings (SSSR count). The maximum atomic E-state index is 12.4. The van der Waals surface area contributed by atoms with Crippen LogP contribution in [0.15, 0.2) is 60.9 Å². The molecule has 1 atom stereocenters. The molecule has 0 saturated carbocycles. The molecule has 1 aliphatic carbocycles. The summed E-state index contributed by atoms with van der Waals surface area (Å²) in [5, 5.41) is 16.1. The maximum absolute atomic E-state index is 12.4. The summed E-state index contributed by atoms with van der Waals surface area (Å²) in [7, 11) is 1.86. The topological polar surface area (TPSA) is 93.5 Å². The zero-order valence-corrected chi connectivity index (χ0v) is 18.5. The number of aryl methyl sites for hydroxylation is 2. The van der Waals surface area contributed by atoms with E-state index >= 15 is 0 Å². The van der Waals surface area contributed by atoms with Crippen LogP contribution in [0.2, 0.25) is 0 Å². The lowest BCUT2D eigenvalue weighted by atomic mass is 9.98. The van der Waals surface area contributed by atoms with Crippen molar-refractivity contribution >= 4 is 23.8 Å². The van der Waals surface area contributed by atoms with Gasteiger partial charge in [0.25, 0.3) is 0 Å². The second-order valence-electron chi connectivity index (χ2n) is 7.71. The minimum atomic E-state index is -1.08. The van der Waals surface area contributed by atoms with Crippen molar-refractivity contribution in [3.05, 3.63) is 77.6 Å². The Labute approximate surface area is 190 Å². The minimum absolute atomic E-state index is 0.0646. The Morgan fingerprint density at radius 2 is 1.81 bits per heavy atom. The van der Waals surface area contributed by atoms with E-state index < -0.39 is 18.1 Å². The Bertz CT molecular complexity index is 1070. The third kappa shape index (κ3) is 4.96. The van der Waals surface area contributed by atoms with Crippen LogP contribution in [0.1, 0.15) is 22.6 Å². The van der Waals surface area contributed by atoms with Crippen LogP contribution in [0.4, 0.5) is 4.79 Å². The molecule has 0 aliphatic heterocycles. The number of carbonyl (C=O) groups is 2. The Kier molecular flexibility index (Phi) is 6.80. The zero-order valence-electron chi connectivity index (χ0n) is 17.7. The van der Waals surface area contributed by atoms with Gasteiger partial charge in [0, 0.05) is 24.9 Å². The molecular weight excluding hydrogens is 426 g/mol. The number of aromatic nitrogens is 2. The van der Waals surface area contributed by atoms with Crippen molar-refractivity contribution in [3.63, 3.8) is 0 Å². The molecule has 1 amide bonds. The first-order valence-electron chi connectivity index (χ1n) is 10.4. The van der Waals surface area contributed by atoms with Crippen LogP contribution in [-0.4, -0.2) is 51.1 Å². The summed E-state index contributed by atoms with van der Waals surface area (Å²) in [6, 6.07) is 15.1. The standard InChI is InChI=1S/C24H25N3O4S/c1-27-13-16(12-25-27)10-11-32-15-22(23(28)29)26-24(30)31-14-21-19-8-4-2-6-17(19)18-7-3-5-9-20(18)21/h2-9,12-13,21-22H,10-11,14-15H2,1H3,(H,26,30)(H,28,29). The second-order valence-corrected chi connectivity index (χ2v) is 8.86. The zero-order chi connectivity index (χ0) is 22.5. The van der Waals surface area contributed by atoms with Crippen molar-refractivity contribution in [3.8, 4) is 11.1 Å². The molecule has 1 aliphatic rings. The van der Waals surface area contributed by atoms with Crippen molar-refractivity contribution in [2.45, 2.75) is 18.4 Å². The van der Waals surface area contributed by atoms with E-state index in [4.69, 9.17) is 4.74 Å². The van der Waals surface area contributed by atoms with E-state index in [0.717, 1.165) is 40.0 Å². The predicted octanol–water partition coefficient (Wildman–Crippen LogP) is 3.69. The van der Waals surface area contributed by atoms with Crippen LogP contribution in [-0.2, 0) is 23.0 Å². The number of hydrogen-bond donors (Lipinski definition) is 2. The molecule has 7 nitrogen and oxygen atoms in total. The van der Waals surface area contributed by atoms with Crippen LogP contribution in [0.25, 0.3) is 11.1 Å². The molecule has 2 N–H and O–H groups in total. The van der Waals surface area contributed by atoms with Gasteiger partial charge in [0.1, 0.15) is 12.6 Å². The van der Waals surface area contributed by atoms with E-state index in [1.165, 1.54) is 11.8 Å². The van der Waals surface area contributed by atoms with Gasteiger partial charge in [0.05, 0.1) is 6.20 Å². The Morgan fingerprint density at radius 3 is 2.41 bits per heavy atom. The summed E-state index contributed by atoms with van der Waals surface area (Å²) in [6.45, 7) is 0.153. The molecular formula is C24H25N3O4S. The van der Waals surface area contributed by atoms with Gasteiger partial charge in [-0.1, -0.05) is 48.5 Å². The molecule has 3 aromatic rings. The molecule has 166 valence electrons. The van der Waals surface area contributed by atoms with Gasteiger partial charge in [0.15, 0.2) is 0 Å². The van der Waals surface area contributed by atoms with Gasteiger partial charge in [-0.15, -0.1) is 0 Å². The number of carbonyl (C=O) groups excluding carboxylic acids is 1. The van der Waals surface area contributed by atoms with E-state index in [9.17, 15) is 14.7 Å². The second kappa shape index (κ2) is 9.91. The number of alkyl carbamates (subject to hydrolysis) is 1. The van der Waals surface area contributed by atoms with Crippen LogP contribution in [0.5, 0.6) is 0 Å². The predicted molar refractivity (Wildman–Crippen MR) is 124 cm³/mol. The average Bonchev–Trinajstić information content (AvgIpc) is 3.35. The fourth-order valence-corrected chi connectivity index (χ4v) is 4.96. The molecule has 1 aromatic heterocycles. The summed E-state index contributed by atoms with van der Waals surface area (Å²) < 4.78 is 7.20. The first-order chi connectivity index (χ1) is 15.5. The lowest BCUT2D eigenvalue weighted by molar-refractivity contribution is -0.138. The lowest BCUT2D eigenvalue weighted by Crippen LogP contribution is -2.43. The highest BCUT2D eigenvalue weighted by Crippen LogP contribution is 2.44. The molecule has 0 saturated heterocycles. The fraction of sp³-hybridized carbons (Fsp3) is 0.292. The highest BCUT2D eigenvalue weighted by molar-refractivity contribution is 7.99. The Hall–Kier alpha value is -3.26. The van der Waals surface area contributed by atoms with Gasteiger partial charge in [-0.05, 0) is 40.0 Å². The van der Waals surface area contributed by atoms with Crippen molar-refractivity contribution in [1.82, 2.24) is 15.1 Å². The van der Waals surface area contributed by atoms with Crippen molar-refractivity contribution in [2.24, 2.45) is 7.05 Å². The number of ether oxygens (including phenoxy) is 1. The van der Waals surface area contributed by atoms with E-state index in [1.807, 2.05) is 49.6 Å². The third-order valence-electron chi connectivity index (χ3n) is 5.51. The third-order valence-corrected chi connectivity index (χ3v) is 6.57. The van der Waals surface area contributed by atoms with Gasteiger partial charge >= 0.3 is 12.1 Å². The van der Waals surface area contributed by atoms with E-state index in [0.29, 0.717) is 0 Å². The molecule has 0 fully saturated rings. The van der Waals surface area contributed by atoms with Crippen LogP contribution < -0.4 is 5.32 Å². The van der Waals surface area contributed by atoms with E-state index in [-0.39, 0.29) is 18.3 Å². The first-order valence-corrected chi connectivity index (χ1v) is 11.6. The largest absolute Gasteiger partial charge is 0.480 e. The quantitative estimate of drug-likeness (QED) is 0.482.